The van der Waals surface area contributed by atoms with Crippen LogP contribution in [0.1, 0.15) is 18.7 Å². The summed E-state index contributed by atoms with van der Waals surface area (Å²) in [4.78, 5) is 4.02. The minimum atomic E-state index is 0.0318. The summed E-state index contributed by atoms with van der Waals surface area (Å²) in [5.74, 6) is 0. The molecule has 1 aromatic heterocycles. The van der Waals surface area contributed by atoms with Crippen molar-refractivity contribution in [2.24, 2.45) is 5.73 Å². The van der Waals surface area contributed by atoms with E-state index in [1.165, 1.54) is 0 Å². The molecule has 0 aromatic carbocycles. The maximum absolute atomic E-state index is 5.73. The number of nitrogens with zero attached hydrogens (tertiary/aromatic N) is 2. The molecule has 0 aliphatic rings. The van der Waals surface area contributed by atoms with Gasteiger partial charge in [-0.2, -0.15) is 0 Å². The van der Waals surface area contributed by atoms with E-state index in [2.05, 4.69) is 4.98 Å². The second-order valence-electron chi connectivity index (χ2n) is 2.79. The minimum absolute atomic E-state index is 0.0318. The monoisotopic (exact) mass is 169 g/mol. The van der Waals surface area contributed by atoms with E-state index in [-0.39, 0.29) is 6.04 Å². The Morgan fingerprint density at radius 2 is 2.50 bits per heavy atom. The summed E-state index contributed by atoms with van der Waals surface area (Å²) >= 11 is 0. The molecule has 1 aromatic rings. The summed E-state index contributed by atoms with van der Waals surface area (Å²) in [5.41, 5.74) is 6.78. The molecule has 68 valence electrons. The van der Waals surface area contributed by atoms with Crippen LogP contribution >= 0.6 is 0 Å². The van der Waals surface area contributed by atoms with Crippen LogP contribution in [-0.4, -0.2) is 23.3 Å². The Morgan fingerprint density at radius 3 is 3.08 bits per heavy atom. The third-order valence-corrected chi connectivity index (χ3v) is 1.75. The van der Waals surface area contributed by atoms with E-state index in [0.717, 1.165) is 12.2 Å². The van der Waals surface area contributed by atoms with Gasteiger partial charge in [-0.05, 0) is 6.92 Å². The maximum atomic E-state index is 5.73. The fourth-order valence-corrected chi connectivity index (χ4v) is 1.09. The molecule has 1 heterocycles. The summed E-state index contributed by atoms with van der Waals surface area (Å²) in [6, 6.07) is 0.0318. The molecule has 1 rings (SSSR count). The summed E-state index contributed by atoms with van der Waals surface area (Å²) in [7, 11) is 1.68. The number of rotatable bonds is 4. The molecule has 12 heavy (non-hydrogen) atoms. The van der Waals surface area contributed by atoms with Crippen LogP contribution in [0, 0.1) is 0 Å². The van der Waals surface area contributed by atoms with Gasteiger partial charge in [0.1, 0.15) is 0 Å². The standard InChI is InChI=1S/C8H15N3O/c1-7(9)8-5-10-6-11(8)3-4-12-2/h5-7H,3-4,9H2,1-2H3. The van der Waals surface area contributed by atoms with Gasteiger partial charge in [-0.3, -0.25) is 0 Å². The highest BCUT2D eigenvalue weighted by Crippen LogP contribution is 2.07. The molecule has 0 radical (unpaired) electrons. The van der Waals surface area contributed by atoms with Crippen LogP contribution in [0.15, 0.2) is 12.5 Å². The van der Waals surface area contributed by atoms with Gasteiger partial charge in [0.05, 0.1) is 18.6 Å². The summed E-state index contributed by atoms with van der Waals surface area (Å²) in [6.45, 7) is 3.45. The quantitative estimate of drug-likeness (QED) is 0.716. The Morgan fingerprint density at radius 1 is 1.75 bits per heavy atom. The number of ether oxygens (including phenoxy) is 1. The Hall–Kier alpha value is -0.870. The van der Waals surface area contributed by atoms with Gasteiger partial charge in [0.25, 0.3) is 0 Å². The Bertz CT molecular complexity index is 232. The van der Waals surface area contributed by atoms with E-state index in [1.54, 1.807) is 19.6 Å². The highest BCUT2D eigenvalue weighted by Gasteiger charge is 2.05. The maximum Gasteiger partial charge on any atom is 0.0949 e. The first-order chi connectivity index (χ1) is 5.75. The second-order valence-corrected chi connectivity index (χ2v) is 2.79. The number of hydrogen-bond acceptors (Lipinski definition) is 3. The van der Waals surface area contributed by atoms with Crippen molar-refractivity contribution in [3.63, 3.8) is 0 Å². The Labute approximate surface area is 72.3 Å². The van der Waals surface area contributed by atoms with Crippen molar-refractivity contribution >= 4 is 0 Å². The topological polar surface area (TPSA) is 53.1 Å². The van der Waals surface area contributed by atoms with Crippen molar-refractivity contribution < 1.29 is 4.74 Å². The van der Waals surface area contributed by atoms with Gasteiger partial charge in [-0.15, -0.1) is 0 Å². The van der Waals surface area contributed by atoms with E-state index in [9.17, 15) is 0 Å². The fraction of sp³-hybridized carbons (Fsp3) is 0.625. The number of hydrogen-bond donors (Lipinski definition) is 1. The van der Waals surface area contributed by atoms with Gasteiger partial charge in [0.15, 0.2) is 0 Å². The van der Waals surface area contributed by atoms with Crippen LogP contribution in [0.3, 0.4) is 0 Å². The summed E-state index contributed by atoms with van der Waals surface area (Å²) in [6.07, 6.45) is 3.57. The lowest BCUT2D eigenvalue weighted by Crippen LogP contribution is -2.13. The first kappa shape index (κ1) is 9.22. The highest BCUT2D eigenvalue weighted by molar-refractivity contribution is 5.02. The molecule has 0 aliphatic heterocycles. The van der Waals surface area contributed by atoms with Gasteiger partial charge < -0.3 is 15.0 Å². The van der Waals surface area contributed by atoms with Crippen molar-refractivity contribution in [2.45, 2.75) is 19.5 Å². The predicted molar refractivity (Wildman–Crippen MR) is 46.7 cm³/mol. The van der Waals surface area contributed by atoms with Crippen molar-refractivity contribution in [3.8, 4) is 0 Å². The molecule has 1 atom stereocenters. The first-order valence-corrected chi connectivity index (χ1v) is 4.00. The van der Waals surface area contributed by atoms with Crippen LogP contribution in [0.5, 0.6) is 0 Å². The number of aromatic nitrogens is 2. The largest absolute Gasteiger partial charge is 0.383 e. The molecule has 1 unspecified atom stereocenters. The molecule has 0 spiro atoms. The zero-order chi connectivity index (χ0) is 8.97. The molecule has 2 N–H and O–H groups in total. The molecule has 0 saturated carbocycles. The predicted octanol–water partition coefficient (Wildman–Crippen LogP) is 0.549. The lowest BCUT2D eigenvalue weighted by atomic mass is 10.3. The summed E-state index contributed by atoms with van der Waals surface area (Å²) in [5, 5.41) is 0. The third-order valence-electron chi connectivity index (χ3n) is 1.75. The first-order valence-electron chi connectivity index (χ1n) is 4.00. The molecule has 0 bridgehead atoms. The van der Waals surface area contributed by atoms with Crippen LogP contribution in [0.2, 0.25) is 0 Å². The average Bonchev–Trinajstić information content (AvgIpc) is 2.48. The van der Waals surface area contributed by atoms with E-state index in [4.69, 9.17) is 10.5 Å². The normalized spacial score (nSPS) is 13.2. The number of imidazole rings is 1. The van der Waals surface area contributed by atoms with Crippen molar-refractivity contribution in [1.29, 1.82) is 0 Å². The second kappa shape index (κ2) is 4.23. The SMILES string of the molecule is COCCn1cncc1C(C)N. The Balaban J connectivity index is 2.64. The number of nitrogens with two attached hydrogens (primary N) is 1. The lowest BCUT2D eigenvalue weighted by Gasteiger charge is -2.09. The van der Waals surface area contributed by atoms with Crippen molar-refractivity contribution in [2.75, 3.05) is 13.7 Å². The van der Waals surface area contributed by atoms with E-state index >= 15 is 0 Å². The van der Waals surface area contributed by atoms with Crippen LogP contribution in [0.4, 0.5) is 0 Å². The minimum Gasteiger partial charge on any atom is -0.383 e. The number of methoxy groups -OCH3 is 1. The fourth-order valence-electron chi connectivity index (χ4n) is 1.09. The van der Waals surface area contributed by atoms with E-state index in [1.807, 2.05) is 11.5 Å². The van der Waals surface area contributed by atoms with Gasteiger partial charge in [0, 0.05) is 25.9 Å². The molecule has 4 heteroatoms. The van der Waals surface area contributed by atoms with Gasteiger partial charge in [0.2, 0.25) is 0 Å². The molecule has 0 fully saturated rings. The molecular weight excluding hydrogens is 154 g/mol. The van der Waals surface area contributed by atoms with Crippen molar-refractivity contribution in [1.82, 2.24) is 9.55 Å². The molecule has 0 aliphatic carbocycles. The zero-order valence-corrected chi connectivity index (χ0v) is 7.53. The average molecular weight is 169 g/mol. The molecule has 0 saturated heterocycles. The van der Waals surface area contributed by atoms with Crippen LogP contribution in [-0.2, 0) is 11.3 Å². The van der Waals surface area contributed by atoms with Gasteiger partial charge >= 0.3 is 0 Å². The van der Waals surface area contributed by atoms with Crippen molar-refractivity contribution in [3.05, 3.63) is 18.2 Å². The summed E-state index contributed by atoms with van der Waals surface area (Å²) < 4.78 is 6.97. The van der Waals surface area contributed by atoms with Gasteiger partial charge in [-0.1, -0.05) is 0 Å². The van der Waals surface area contributed by atoms with Crippen LogP contribution < -0.4 is 5.73 Å². The van der Waals surface area contributed by atoms with Crippen LogP contribution in [0.25, 0.3) is 0 Å². The van der Waals surface area contributed by atoms with E-state index in [0.29, 0.717) is 6.61 Å². The molecule has 4 nitrogen and oxygen atoms in total. The molecular formula is C8H15N3O. The van der Waals surface area contributed by atoms with Gasteiger partial charge in [-0.25, -0.2) is 4.98 Å². The highest BCUT2D eigenvalue weighted by atomic mass is 16.5. The lowest BCUT2D eigenvalue weighted by molar-refractivity contribution is 0.186. The van der Waals surface area contributed by atoms with E-state index < -0.39 is 0 Å². The smallest absolute Gasteiger partial charge is 0.0949 e. The zero-order valence-electron chi connectivity index (χ0n) is 7.53. The third kappa shape index (κ3) is 2.06. The Kier molecular flexibility index (Phi) is 3.25. The molecule has 0 amide bonds.